The first-order valence-corrected chi connectivity index (χ1v) is 12.9. The number of rotatable bonds is 10. The number of aliphatic hydroxyl groups is 1. The SMILES string of the molecule is CC[C@H](O)COCCC(C)(C)C1=Cc2cc(NC(=O)C3(c4ccc5c(c4)OC(F)(F)O5)CC3)c(F)cc2C1. The smallest absolute Gasteiger partial charge is 0.395 e. The summed E-state index contributed by atoms with van der Waals surface area (Å²) in [7, 11) is 0. The predicted octanol–water partition coefficient (Wildman–Crippen LogP) is 5.96. The van der Waals surface area contributed by atoms with Crippen LogP contribution in [0.3, 0.4) is 0 Å². The number of ether oxygens (including phenoxy) is 3. The van der Waals surface area contributed by atoms with Gasteiger partial charge in [0.15, 0.2) is 11.5 Å². The minimum absolute atomic E-state index is 0.0829. The van der Waals surface area contributed by atoms with Gasteiger partial charge in [-0.3, -0.25) is 4.79 Å². The summed E-state index contributed by atoms with van der Waals surface area (Å²) in [5.74, 6) is -1.13. The molecule has 1 aliphatic heterocycles. The van der Waals surface area contributed by atoms with E-state index in [-0.39, 0.29) is 22.6 Å². The van der Waals surface area contributed by atoms with Crippen LogP contribution in [0.15, 0.2) is 35.9 Å². The number of allylic oxidation sites excluding steroid dienone is 1. The van der Waals surface area contributed by atoms with E-state index >= 15 is 4.39 Å². The van der Waals surface area contributed by atoms with E-state index in [1.165, 1.54) is 18.2 Å². The second-order valence-electron chi connectivity index (χ2n) is 11.0. The maximum atomic E-state index is 15.1. The second-order valence-corrected chi connectivity index (χ2v) is 11.0. The van der Waals surface area contributed by atoms with Crippen LogP contribution in [0.25, 0.3) is 6.08 Å². The number of hydrogen-bond donors (Lipinski definition) is 2. The van der Waals surface area contributed by atoms with Gasteiger partial charge in [0.05, 0.1) is 23.8 Å². The lowest BCUT2D eigenvalue weighted by Gasteiger charge is -2.26. The van der Waals surface area contributed by atoms with Gasteiger partial charge < -0.3 is 24.6 Å². The van der Waals surface area contributed by atoms with Gasteiger partial charge in [0.1, 0.15) is 5.82 Å². The topological polar surface area (TPSA) is 77.0 Å². The Hall–Kier alpha value is -3.04. The molecule has 1 amide bonds. The van der Waals surface area contributed by atoms with E-state index in [2.05, 4.69) is 28.6 Å². The van der Waals surface area contributed by atoms with Crippen LogP contribution in [0.5, 0.6) is 11.5 Å². The Bertz CT molecular complexity index is 1290. The molecule has 38 heavy (non-hydrogen) atoms. The van der Waals surface area contributed by atoms with E-state index in [4.69, 9.17) is 4.74 Å². The van der Waals surface area contributed by atoms with E-state index in [9.17, 15) is 18.7 Å². The van der Waals surface area contributed by atoms with Crippen molar-refractivity contribution in [3.05, 3.63) is 58.4 Å². The van der Waals surface area contributed by atoms with Crippen molar-refractivity contribution in [1.29, 1.82) is 0 Å². The molecule has 0 spiro atoms. The highest BCUT2D eigenvalue weighted by molar-refractivity contribution is 6.02. The maximum absolute atomic E-state index is 15.1. The van der Waals surface area contributed by atoms with E-state index in [0.717, 1.165) is 23.1 Å². The van der Waals surface area contributed by atoms with Crippen LogP contribution in [0.4, 0.5) is 18.9 Å². The molecule has 2 aromatic carbocycles. The molecule has 9 heteroatoms. The number of fused-ring (bicyclic) bond motifs is 2. The number of carbonyl (C=O) groups is 1. The fraction of sp³-hybridized carbons (Fsp3) is 0.483. The molecule has 1 heterocycles. The van der Waals surface area contributed by atoms with Gasteiger partial charge in [-0.05, 0) is 78.5 Å². The summed E-state index contributed by atoms with van der Waals surface area (Å²) in [6.07, 6.45) is 0.860. The van der Waals surface area contributed by atoms with Crippen molar-refractivity contribution in [2.45, 2.75) is 70.7 Å². The number of amides is 1. The predicted molar refractivity (Wildman–Crippen MR) is 136 cm³/mol. The standard InChI is InChI=1S/C29H32F3NO5/c1-4-21(34)16-36-10-9-27(2,3)20-11-17-13-22(30)23(14-18(17)12-20)33-26(35)28(7-8-28)19-5-6-24-25(15-19)38-29(31,32)37-24/h5-6,12-15,21,34H,4,7-11,16H2,1-3H3,(H,33,35)/t21-/m0/s1. The summed E-state index contributed by atoms with van der Waals surface area (Å²) in [5, 5.41) is 12.4. The van der Waals surface area contributed by atoms with Gasteiger partial charge >= 0.3 is 6.29 Å². The van der Waals surface area contributed by atoms with E-state index < -0.39 is 29.5 Å². The molecule has 1 atom stereocenters. The largest absolute Gasteiger partial charge is 0.586 e. The Kier molecular flexibility index (Phi) is 6.72. The van der Waals surface area contributed by atoms with Crippen LogP contribution in [0.1, 0.15) is 63.1 Å². The summed E-state index contributed by atoms with van der Waals surface area (Å²) in [4.78, 5) is 13.3. The normalized spacial score (nSPS) is 19.1. The van der Waals surface area contributed by atoms with Gasteiger partial charge in [0.25, 0.3) is 0 Å². The molecule has 3 aliphatic rings. The molecule has 204 valence electrons. The molecule has 2 aliphatic carbocycles. The third-order valence-corrected chi connectivity index (χ3v) is 7.85. The molecule has 0 unspecified atom stereocenters. The first kappa shape index (κ1) is 26.6. The van der Waals surface area contributed by atoms with Gasteiger partial charge in [-0.15, -0.1) is 8.78 Å². The van der Waals surface area contributed by atoms with Crippen molar-refractivity contribution >= 4 is 17.7 Å². The van der Waals surface area contributed by atoms with Gasteiger partial charge in [0, 0.05) is 6.61 Å². The molecule has 1 fully saturated rings. The lowest BCUT2D eigenvalue weighted by atomic mass is 9.80. The molecule has 2 N–H and O–H groups in total. The van der Waals surface area contributed by atoms with E-state index in [1.807, 2.05) is 13.0 Å². The molecule has 0 radical (unpaired) electrons. The zero-order valence-electron chi connectivity index (χ0n) is 21.7. The minimum atomic E-state index is -3.74. The number of alkyl halides is 2. The first-order valence-electron chi connectivity index (χ1n) is 12.9. The Morgan fingerprint density at radius 3 is 2.63 bits per heavy atom. The minimum Gasteiger partial charge on any atom is -0.395 e. The Labute approximate surface area is 219 Å². The van der Waals surface area contributed by atoms with Crippen LogP contribution in [-0.4, -0.2) is 36.6 Å². The number of anilines is 1. The monoisotopic (exact) mass is 531 g/mol. The number of aliphatic hydroxyl groups excluding tert-OH is 1. The number of hydrogen-bond acceptors (Lipinski definition) is 5. The number of nitrogens with one attached hydrogen (secondary N) is 1. The van der Waals surface area contributed by atoms with Crippen molar-refractivity contribution in [2.75, 3.05) is 18.5 Å². The molecule has 0 bridgehead atoms. The Morgan fingerprint density at radius 2 is 1.92 bits per heavy atom. The van der Waals surface area contributed by atoms with Crippen molar-refractivity contribution in [1.82, 2.24) is 0 Å². The fourth-order valence-corrected chi connectivity index (χ4v) is 4.98. The van der Waals surface area contributed by atoms with Gasteiger partial charge in [0.2, 0.25) is 5.91 Å². The Morgan fingerprint density at radius 1 is 1.18 bits per heavy atom. The molecule has 2 aromatic rings. The highest BCUT2D eigenvalue weighted by atomic mass is 19.3. The summed E-state index contributed by atoms with van der Waals surface area (Å²) in [6, 6.07) is 7.43. The lowest BCUT2D eigenvalue weighted by molar-refractivity contribution is -0.286. The van der Waals surface area contributed by atoms with Gasteiger partial charge in [-0.25, -0.2) is 4.39 Å². The molecular formula is C29H32F3NO5. The van der Waals surface area contributed by atoms with Crippen molar-refractivity contribution < 1.29 is 37.3 Å². The van der Waals surface area contributed by atoms with Crippen molar-refractivity contribution in [2.24, 2.45) is 5.41 Å². The third-order valence-electron chi connectivity index (χ3n) is 7.85. The van der Waals surface area contributed by atoms with Crippen LogP contribution in [-0.2, 0) is 21.4 Å². The van der Waals surface area contributed by atoms with Crippen molar-refractivity contribution in [3.8, 4) is 11.5 Å². The van der Waals surface area contributed by atoms with Crippen LogP contribution < -0.4 is 14.8 Å². The number of halogens is 3. The average Bonchev–Trinajstić information content (AvgIpc) is 3.47. The summed E-state index contributed by atoms with van der Waals surface area (Å²) in [6.45, 7) is 6.94. The zero-order chi connectivity index (χ0) is 27.3. The first-order chi connectivity index (χ1) is 17.9. The third kappa shape index (κ3) is 5.14. The molecule has 0 aromatic heterocycles. The summed E-state index contributed by atoms with van der Waals surface area (Å²) >= 11 is 0. The van der Waals surface area contributed by atoms with Gasteiger partial charge in [-0.1, -0.05) is 38.5 Å². The molecular weight excluding hydrogens is 499 g/mol. The van der Waals surface area contributed by atoms with E-state index in [1.54, 1.807) is 12.1 Å². The quantitative estimate of drug-likeness (QED) is 0.370. The summed E-state index contributed by atoms with van der Waals surface area (Å²) in [5.41, 5.74) is 2.32. The average molecular weight is 532 g/mol. The summed E-state index contributed by atoms with van der Waals surface area (Å²) < 4.78 is 56.5. The van der Waals surface area contributed by atoms with Crippen LogP contribution in [0.2, 0.25) is 0 Å². The second kappa shape index (κ2) is 9.61. The highest BCUT2D eigenvalue weighted by Gasteiger charge is 2.53. The Balaban J connectivity index is 1.28. The zero-order valence-corrected chi connectivity index (χ0v) is 21.7. The van der Waals surface area contributed by atoms with Crippen LogP contribution >= 0.6 is 0 Å². The van der Waals surface area contributed by atoms with Gasteiger partial charge in [-0.2, -0.15) is 0 Å². The molecule has 1 saturated carbocycles. The molecule has 5 rings (SSSR count). The molecule has 0 saturated heterocycles. The molecule has 6 nitrogen and oxygen atoms in total. The number of carbonyl (C=O) groups excluding carboxylic acids is 1. The lowest BCUT2D eigenvalue weighted by Crippen LogP contribution is -2.28. The highest BCUT2D eigenvalue weighted by Crippen LogP contribution is 2.52. The fourth-order valence-electron chi connectivity index (χ4n) is 4.98. The van der Waals surface area contributed by atoms with E-state index in [0.29, 0.717) is 44.5 Å². The maximum Gasteiger partial charge on any atom is 0.586 e. The van der Waals surface area contributed by atoms with Crippen molar-refractivity contribution in [3.63, 3.8) is 0 Å². The number of benzene rings is 2. The van der Waals surface area contributed by atoms with Crippen LogP contribution in [0, 0.1) is 11.2 Å².